The fourth-order valence-corrected chi connectivity index (χ4v) is 4.85. The van der Waals surface area contributed by atoms with E-state index in [2.05, 4.69) is 10.2 Å². The summed E-state index contributed by atoms with van der Waals surface area (Å²) in [6, 6.07) is 14.2. The van der Waals surface area contributed by atoms with Gasteiger partial charge in [-0.05, 0) is 48.0 Å². The highest BCUT2D eigenvalue weighted by Gasteiger charge is 2.20. The van der Waals surface area contributed by atoms with Gasteiger partial charge in [0, 0.05) is 43.6 Å². The summed E-state index contributed by atoms with van der Waals surface area (Å²) in [6.45, 7) is 7.66. The number of sulfonamides is 1. The summed E-state index contributed by atoms with van der Waals surface area (Å²) < 4.78 is 31.8. The molecule has 0 atom stereocenters. The Bertz CT molecular complexity index is 992. The van der Waals surface area contributed by atoms with Crippen molar-refractivity contribution in [3.05, 3.63) is 60.2 Å². The Kier molecular flexibility index (Phi) is 7.84. The van der Waals surface area contributed by atoms with E-state index in [1.165, 1.54) is 10.4 Å². The fourth-order valence-electron chi connectivity index (χ4n) is 3.40. The zero-order valence-electron chi connectivity index (χ0n) is 18.0. The number of carbonyl (C=O) groups is 1. The third-order valence-electron chi connectivity index (χ3n) is 5.16. The topological polar surface area (TPSA) is 79.0 Å². The normalized spacial score (nSPS) is 14.9. The Morgan fingerprint density at radius 3 is 2.23 bits per heavy atom. The maximum Gasteiger partial charge on any atom is 0.248 e. The van der Waals surface area contributed by atoms with E-state index in [1.54, 1.807) is 30.3 Å². The largest absolute Gasteiger partial charge is 0.378 e. The SMILES string of the molecule is CCN(CC)S(=O)(=O)c1ccc(C=CC(=O)Nc2ccc(N3CCOCC3)cc2)cc1. The molecule has 1 aliphatic heterocycles. The van der Waals surface area contributed by atoms with Crippen LogP contribution in [0.25, 0.3) is 6.08 Å². The summed E-state index contributed by atoms with van der Waals surface area (Å²) in [4.78, 5) is 14.7. The monoisotopic (exact) mass is 443 g/mol. The van der Waals surface area contributed by atoms with Crippen LogP contribution in [0, 0.1) is 0 Å². The van der Waals surface area contributed by atoms with E-state index < -0.39 is 10.0 Å². The van der Waals surface area contributed by atoms with Crippen molar-refractivity contribution in [2.45, 2.75) is 18.7 Å². The van der Waals surface area contributed by atoms with Crippen LogP contribution in [-0.4, -0.2) is 58.0 Å². The zero-order valence-corrected chi connectivity index (χ0v) is 18.8. The highest BCUT2D eigenvalue weighted by Crippen LogP contribution is 2.19. The molecule has 1 saturated heterocycles. The van der Waals surface area contributed by atoms with Crippen molar-refractivity contribution in [3.8, 4) is 0 Å². The molecule has 0 aromatic heterocycles. The molecule has 2 aromatic rings. The molecule has 1 fully saturated rings. The molecule has 1 heterocycles. The van der Waals surface area contributed by atoms with Crippen molar-refractivity contribution in [2.75, 3.05) is 49.6 Å². The lowest BCUT2D eigenvalue weighted by atomic mass is 10.2. The summed E-state index contributed by atoms with van der Waals surface area (Å²) in [7, 11) is -3.48. The van der Waals surface area contributed by atoms with Crippen LogP contribution in [0.15, 0.2) is 59.5 Å². The summed E-state index contributed by atoms with van der Waals surface area (Å²) >= 11 is 0. The van der Waals surface area contributed by atoms with Crippen LogP contribution in [0.2, 0.25) is 0 Å². The number of ether oxygens (including phenoxy) is 1. The Hall–Kier alpha value is -2.68. The third-order valence-corrected chi connectivity index (χ3v) is 7.23. The molecule has 8 heteroatoms. The molecular weight excluding hydrogens is 414 g/mol. The second-order valence-corrected chi connectivity index (χ2v) is 9.07. The van der Waals surface area contributed by atoms with Gasteiger partial charge in [-0.2, -0.15) is 4.31 Å². The molecule has 0 saturated carbocycles. The van der Waals surface area contributed by atoms with Gasteiger partial charge in [-0.1, -0.05) is 26.0 Å². The van der Waals surface area contributed by atoms with Crippen LogP contribution >= 0.6 is 0 Å². The Morgan fingerprint density at radius 1 is 1.03 bits per heavy atom. The molecule has 166 valence electrons. The maximum absolute atomic E-state index is 12.5. The van der Waals surface area contributed by atoms with Crippen LogP contribution in [0.3, 0.4) is 0 Å². The minimum absolute atomic E-state index is 0.248. The van der Waals surface area contributed by atoms with Crippen LogP contribution in [0.4, 0.5) is 11.4 Å². The predicted molar refractivity (Wildman–Crippen MR) is 124 cm³/mol. The van der Waals surface area contributed by atoms with Gasteiger partial charge < -0.3 is 15.0 Å². The van der Waals surface area contributed by atoms with Gasteiger partial charge in [0.2, 0.25) is 15.9 Å². The average molecular weight is 444 g/mol. The summed E-state index contributed by atoms with van der Waals surface area (Å²) in [5, 5.41) is 2.84. The van der Waals surface area contributed by atoms with Crippen LogP contribution in [0.1, 0.15) is 19.4 Å². The number of hydrogen-bond acceptors (Lipinski definition) is 5. The molecular formula is C23H29N3O4S. The molecule has 0 radical (unpaired) electrons. The maximum atomic E-state index is 12.5. The van der Waals surface area contributed by atoms with Gasteiger partial charge in [-0.15, -0.1) is 0 Å². The number of hydrogen-bond donors (Lipinski definition) is 1. The van der Waals surface area contributed by atoms with Crippen molar-refractivity contribution in [1.82, 2.24) is 4.31 Å². The first-order valence-corrected chi connectivity index (χ1v) is 11.9. The number of benzene rings is 2. The molecule has 1 aliphatic rings. The van der Waals surface area contributed by atoms with Crippen molar-refractivity contribution >= 4 is 33.4 Å². The minimum Gasteiger partial charge on any atom is -0.378 e. The van der Waals surface area contributed by atoms with E-state index in [-0.39, 0.29) is 10.8 Å². The lowest BCUT2D eigenvalue weighted by Gasteiger charge is -2.28. The van der Waals surface area contributed by atoms with Gasteiger partial charge in [-0.3, -0.25) is 4.79 Å². The van der Waals surface area contributed by atoms with E-state index >= 15 is 0 Å². The predicted octanol–water partition coefficient (Wildman–Crippen LogP) is 3.21. The van der Waals surface area contributed by atoms with Crippen LogP contribution in [0.5, 0.6) is 0 Å². The first-order chi connectivity index (χ1) is 14.9. The Labute approximate surface area is 184 Å². The average Bonchev–Trinajstić information content (AvgIpc) is 2.80. The van der Waals surface area contributed by atoms with Gasteiger partial charge in [0.1, 0.15) is 0 Å². The highest BCUT2D eigenvalue weighted by molar-refractivity contribution is 7.89. The van der Waals surface area contributed by atoms with Gasteiger partial charge >= 0.3 is 0 Å². The minimum atomic E-state index is -3.48. The van der Waals surface area contributed by atoms with Crippen LogP contribution in [-0.2, 0) is 19.6 Å². The zero-order chi connectivity index (χ0) is 22.3. The van der Waals surface area contributed by atoms with E-state index in [0.717, 1.165) is 37.6 Å². The first kappa shape index (κ1) is 23.0. The molecule has 0 spiro atoms. The van der Waals surface area contributed by atoms with Gasteiger partial charge in [-0.25, -0.2) is 8.42 Å². The second-order valence-electron chi connectivity index (χ2n) is 7.13. The number of nitrogens with one attached hydrogen (secondary N) is 1. The molecule has 0 unspecified atom stereocenters. The number of rotatable bonds is 8. The van der Waals surface area contributed by atoms with Gasteiger partial charge in [0.05, 0.1) is 18.1 Å². The first-order valence-electron chi connectivity index (χ1n) is 10.5. The van der Waals surface area contributed by atoms with Crippen molar-refractivity contribution < 1.29 is 17.9 Å². The highest BCUT2D eigenvalue weighted by atomic mass is 32.2. The number of amides is 1. The number of morpholine rings is 1. The summed E-state index contributed by atoms with van der Waals surface area (Å²) in [5.41, 5.74) is 2.57. The lowest BCUT2D eigenvalue weighted by molar-refractivity contribution is -0.111. The third kappa shape index (κ3) is 5.94. The molecule has 0 bridgehead atoms. The quantitative estimate of drug-likeness (QED) is 0.634. The number of carbonyl (C=O) groups excluding carboxylic acids is 1. The van der Waals surface area contributed by atoms with E-state index in [0.29, 0.717) is 18.8 Å². The molecule has 1 N–H and O–H groups in total. The van der Waals surface area contributed by atoms with Crippen LogP contribution < -0.4 is 10.2 Å². The lowest BCUT2D eigenvalue weighted by Crippen LogP contribution is -2.36. The van der Waals surface area contributed by atoms with Gasteiger partial charge in [0.15, 0.2) is 0 Å². The molecule has 1 amide bonds. The van der Waals surface area contributed by atoms with Gasteiger partial charge in [0.25, 0.3) is 0 Å². The second kappa shape index (κ2) is 10.6. The smallest absolute Gasteiger partial charge is 0.248 e. The number of anilines is 2. The van der Waals surface area contributed by atoms with E-state index in [9.17, 15) is 13.2 Å². The standard InChI is InChI=1S/C23H29N3O4S/c1-3-26(4-2)31(28,29)22-12-5-19(6-13-22)7-14-23(27)24-20-8-10-21(11-9-20)25-15-17-30-18-16-25/h5-14H,3-4,15-18H2,1-2H3,(H,24,27). The molecule has 2 aromatic carbocycles. The fraction of sp³-hybridized carbons (Fsp3) is 0.348. The van der Waals surface area contributed by atoms with E-state index in [4.69, 9.17) is 4.74 Å². The molecule has 3 rings (SSSR count). The summed E-state index contributed by atoms with van der Waals surface area (Å²) in [5.74, 6) is -0.251. The Balaban J connectivity index is 1.58. The molecule has 0 aliphatic carbocycles. The Morgan fingerprint density at radius 2 is 1.65 bits per heavy atom. The molecule has 7 nitrogen and oxygen atoms in total. The van der Waals surface area contributed by atoms with Crippen molar-refractivity contribution in [2.24, 2.45) is 0 Å². The molecule has 31 heavy (non-hydrogen) atoms. The summed E-state index contributed by atoms with van der Waals surface area (Å²) in [6.07, 6.45) is 3.09. The van der Waals surface area contributed by atoms with Crippen molar-refractivity contribution in [1.29, 1.82) is 0 Å². The van der Waals surface area contributed by atoms with E-state index in [1.807, 2.05) is 38.1 Å². The van der Waals surface area contributed by atoms with Crippen molar-refractivity contribution in [3.63, 3.8) is 0 Å². The number of nitrogens with zero attached hydrogens (tertiary/aromatic N) is 2.